The van der Waals surface area contributed by atoms with E-state index in [0.717, 1.165) is 32.8 Å². The van der Waals surface area contributed by atoms with Gasteiger partial charge in [-0.05, 0) is 6.54 Å². The molecule has 19 heavy (non-hydrogen) atoms. The summed E-state index contributed by atoms with van der Waals surface area (Å²) in [6.07, 6.45) is 3.39. The van der Waals surface area contributed by atoms with Crippen molar-refractivity contribution >= 4 is 23.0 Å². The zero-order valence-electron chi connectivity index (χ0n) is 11.0. The van der Waals surface area contributed by atoms with Crippen molar-refractivity contribution in [3.05, 3.63) is 18.1 Å². The van der Waals surface area contributed by atoms with Crippen LogP contribution in [0, 0.1) is 0 Å². The molecule has 0 aliphatic carbocycles. The number of ether oxygens (including phenoxy) is 1. The average Bonchev–Trinajstić information content (AvgIpc) is 2.46. The Morgan fingerprint density at radius 3 is 3.05 bits per heavy atom. The first-order chi connectivity index (χ1) is 9.19. The van der Waals surface area contributed by atoms with Gasteiger partial charge in [0.2, 0.25) is 0 Å². The van der Waals surface area contributed by atoms with Crippen LogP contribution >= 0.6 is 12.2 Å². The smallest absolute Gasteiger partial charge is 0.144 e. The minimum atomic E-state index is 0.186. The zero-order chi connectivity index (χ0) is 13.7. The summed E-state index contributed by atoms with van der Waals surface area (Å²) in [6.45, 7) is 6.68. The van der Waals surface area contributed by atoms with Crippen LogP contribution in [0.4, 0.5) is 5.82 Å². The molecule has 0 bridgehead atoms. The molecule has 1 aromatic heterocycles. The molecule has 0 radical (unpaired) electrons. The van der Waals surface area contributed by atoms with Crippen LogP contribution in [-0.4, -0.2) is 58.7 Å². The fourth-order valence-electron chi connectivity index (χ4n) is 1.96. The van der Waals surface area contributed by atoms with Crippen LogP contribution in [-0.2, 0) is 4.74 Å². The quantitative estimate of drug-likeness (QED) is 0.749. The van der Waals surface area contributed by atoms with Crippen molar-refractivity contribution in [3.63, 3.8) is 0 Å². The highest BCUT2D eigenvalue weighted by molar-refractivity contribution is 7.80. The molecule has 6 nitrogen and oxygen atoms in total. The van der Waals surface area contributed by atoms with Gasteiger partial charge in [-0.25, -0.2) is 9.97 Å². The molecule has 1 aliphatic rings. The third kappa shape index (κ3) is 4.09. The molecule has 1 unspecified atom stereocenters. The number of likely N-dealkylation sites (N-methyl/N-ethyl adjacent to an activating group) is 1. The van der Waals surface area contributed by atoms with Gasteiger partial charge in [0.1, 0.15) is 16.5 Å². The number of anilines is 1. The number of morpholine rings is 1. The molecule has 7 heteroatoms. The van der Waals surface area contributed by atoms with Gasteiger partial charge in [0, 0.05) is 19.6 Å². The summed E-state index contributed by atoms with van der Waals surface area (Å²) in [5.74, 6) is 0.706. The summed E-state index contributed by atoms with van der Waals surface area (Å²) < 4.78 is 5.70. The molecule has 1 aliphatic heterocycles. The Balaban J connectivity index is 1.83. The van der Waals surface area contributed by atoms with Gasteiger partial charge in [0.15, 0.2) is 0 Å². The molecule has 1 aromatic rings. The fourth-order valence-corrected chi connectivity index (χ4v) is 2.06. The van der Waals surface area contributed by atoms with Gasteiger partial charge in [-0.15, -0.1) is 0 Å². The van der Waals surface area contributed by atoms with Crippen molar-refractivity contribution in [2.45, 2.75) is 13.0 Å². The zero-order valence-corrected chi connectivity index (χ0v) is 11.8. The molecule has 0 aromatic carbocycles. The lowest BCUT2D eigenvalue weighted by Gasteiger charge is -2.32. The molecular formula is C12H19N5OS. The molecule has 1 fully saturated rings. The molecule has 104 valence electrons. The van der Waals surface area contributed by atoms with Gasteiger partial charge in [-0.2, -0.15) is 0 Å². The molecule has 0 saturated carbocycles. The van der Waals surface area contributed by atoms with Crippen molar-refractivity contribution in [2.75, 3.05) is 38.1 Å². The van der Waals surface area contributed by atoms with Crippen molar-refractivity contribution in [1.29, 1.82) is 0 Å². The molecule has 2 heterocycles. The van der Waals surface area contributed by atoms with Gasteiger partial charge in [-0.3, -0.25) is 4.90 Å². The first-order valence-electron chi connectivity index (χ1n) is 6.38. The molecular weight excluding hydrogens is 262 g/mol. The van der Waals surface area contributed by atoms with E-state index >= 15 is 0 Å². The number of thiocarbonyl (C=S) groups is 1. The standard InChI is InChI=1S/C12H19N5OS/c1-2-17-3-4-18-9(8-17)5-15-11-7-14-10(6-16-11)12(13)19/h6-7,9H,2-5,8H2,1H3,(H2,13,19)(H,15,16). The second-order valence-corrected chi connectivity index (χ2v) is 4.86. The molecule has 1 saturated heterocycles. The summed E-state index contributed by atoms with van der Waals surface area (Å²) in [5, 5.41) is 3.22. The molecule has 1 atom stereocenters. The van der Waals surface area contributed by atoms with E-state index in [1.807, 2.05) is 0 Å². The van der Waals surface area contributed by atoms with Gasteiger partial charge in [0.05, 0.1) is 25.1 Å². The number of rotatable bonds is 5. The molecule has 2 rings (SSSR count). The van der Waals surface area contributed by atoms with Crippen molar-refractivity contribution in [3.8, 4) is 0 Å². The fraction of sp³-hybridized carbons (Fsp3) is 0.583. The topological polar surface area (TPSA) is 76.3 Å². The van der Waals surface area contributed by atoms with Crippen molar-refractivity contribution in [2.24, 2.45) is 5.73 Å². The Hall–Kier alpha value is -1.31. The maximum atomic E-state index is 5.70. The van der Waals surface area contributed by atoms with Gasteiger partial charge < -0.3 is 15.8 Å². The van der Waals surface area contributed by atoms with Crippen LogP contribution in [0.3, 0.4) is 0 Å². The largest absolute Gasteiger partial charge is 0.388 e. The van der Waals surface area contributed by atoms with Crippen LogP contribution in [0.25, 0.3) is 0 Å². The SMILES string of the molecule is CCN1CCOC(CNc2cnc(C(N)=S)cn2)C1. The van der Waals surface area contributed by atoms with E-state index in [-0.39, 0.29) is 11.1 Å². The lowest BCUT2D eigenvalue weighted by molar-refractivity contribution is -0.0192. The van der Waals surface area contributed by atoms with E-state index < -0.39 is 0 Å². The molecule has 3 N–H and O–H groups in total. The van der Waals surface area contributed by atoms with Crippen molar-refractivity contribution in [1.82, 2.24) is 14.9 Å². The number of hydrogen-bond acceptors (Lipinski definition) is 6. The van der Waals surface area contributed by atoms with Crippen molar-refractivity contribution < 1.29 is 4.74 Å². The third-order valence-electron chi connectivity index (χ3n) is 3.09. The van der Waals surface area contributed by atoms with E-state index in [1.54, 1.807) is 12.4 Å². The summed E-state index contributed by atoms with van der Waals surface area (Å²) >= 11 is 4.83. The van der Waals surface area contributed by atoms with Crippen LogP contribution in [0.15, 0.2) is 12.4 Å². The average molecular weight is 281 g/mol. The van der Waals surface area contributed by atoms with E-state index in [0.29, 0.717) is 11.5 Å². The maximum Gasteiger partial charge on any atom is 0.144 e. The van der Waals surface area contributed by atoms with Crippen LogP contribution in [0.2, 0.25) is 0 Å². The van der Waals surface area contributed by atoms with Crippen LogP contribution in [0.1, 0.15) is 12.6 Å². The third-order valence-corrected chi connectivity index (χ3v) is 3.29. The van der Waals surface area contributed by atoms with Gasteiger partial charge in [0.25, 0.3) is 0 Å². The number of nitrogens with zero attached hydrogens (tertiary/aromatic N) is 3. The lowest BCUT2D eigenvalue weighted by Crippen LogP contribution is -2.45. The Kier molecular flexibility index (Phi) is 5.00. The van der Waals surface area contributed by atoms with Gasteiger partial charge >= 0.3 is 0 Å². The highest BCUT2D eigenvalue weighted by Crippen LogP contribution is 2.07. The lowest BCUT2D eigenvalue weighted by atomic mass is 10.2. The Morgan fingerprint density at radius 2 is 2.42 bits per heavy atom. The monoisotopic (exact) mass is 281 g/mol. The second kappa shape index (κ2) is 6.74. The summed E-state index contributed by atoms with van der Waals surface area (Å²) in [7, 11) is 0. The minimum absolute atomic E-state index is 0.186. The second-order valence-electron chi connectivity index (χ2n) is 4.42. The highest BCUT2D eigenvalue weighted by Gasteiger charge is 2.18. The summed E-state index contributed by atoms with van der Waals surface area (Å²) in [4.78, 5) is 11.0. The number of hydrogen-bond donors (Lipinski definition) is 2. The predicted molar refractivity (Wildman–Crippen MR) is 78.3 cm³/mol. The molecule has 0 spiro atoms. The first-order valence-corrected chi connectivity index (χ1v) is 6.79. The normalized spacial score (nSPS) is 20.2. The van der Waals surface area contributed by atoms with Crippen LogP contribution in [0.5, 0.6) is 0 Å². The number of aromatic nitrogens is 2. The van der Waals surface area contributed by atoms with E-state index in [2.05, 4.69) is 27.1 Å². The highest BCUT2D eigenvalue weighted by atomic mass is 32.1. The Labute approximate surface area is 118 Å². The number of nitrogens with two attached hydrogens (primary N) is 1. The van der Waals surface area contributed by atoms with E-state index in [4.69, 9.17) is 22.7 Å². The van der Waals surface area contributed by atoms with E-state index in [1.165, 1.54) is 0 Å². The summed E-state index contributed by atoms with van der Waals surface area (Å²) in [5.41, 5.74) is 6.00. The van der Waals surface area contributed by atoms with Gasteiger partial charge in [-0.1, -0.05) is 19.1 Å². The molecule has 0 amide bonds. The summed E-state index contributed by atoms with van der Waals surface area (Å²) in [6, 6.07) is 0. The van der Waals surface area contributed by atoms with E-state index in [9.17, 15) is 0 Å². The first kappa shape index (κ1) is 14.1. The predicted octanol–water partition coefficient (Wildman–Crippen LogP) is 0.243. The minimum Gasteiger partial charge on any atom is -0.388 e. The van der Waals surface area contributed by atoms with Crippen LogP contribution < -0.4 is 11.1 Å². The Morgan fingerprint density at radius 1 is 1.58 bits per heavy atom. The maximum absolute atomic E-state index is 5.70. The number of nitrogens with one attached hydrogen (secondary N) is 1. The Bertz CT molecular complexity index is 425.